The molecular weight excluding hydrogens is 192 g/mol. The second-order valence-electron chi connectivity index (χ2n) is 3.38. The Bertz CT molecular complexity index is 358. The molecule has 15 heavy (non-hydrogen) atoms. The Hall–Kier alpha value is -1.58. The van der Waals surface area contributed by atoms with Gasteiger partial charge < -0.3 is 9.47 Å². The Kier molecular flexibility index (Phi) is 4.09. The van der Waals surface area contributed by atoms with Gasteiger partial charge in [0.05, 0.1) is 14.2 Å². The summed E-state index contributed by atoms with van der Waals surface area (Å²) in [7, 11) is 3.12. The van der Waals surface area contributed by atoms with Gasteiger partial charge in [-0.05, 0) is 20.3 Å². The normalized spacial score (nSPS) is 9.60. The Balaban J connectivity index is 2.92. The van der Waals surface area contributed by atoms with E-state index >= 15 is 0 Å². The average molecular weight is 208 g/mol. The van der Waals surface area contributed by atoms with Gasteiger partial charge in [-0.1, -0.05) is 11.6 Å². The summed E-state index contributed by atoms with van der Waals surface area (Å²) >= 11 is 0. The smallest absolute Gasteiger partial charge is 0.319 e. The first-order chi connectivity index (χ1) is 7.17. The Morgan fingerprint density at radius 1 is 1.33 bits per heavy atom. The van der Waals surface area contributed by atoms with Crippen LogP contribution in [0.15, 0.2) is 17.8 Å². The highest BCUT2D eigenvalue weighted by molar-refractivity contribution is 5.27. The number of ether oxygens (including phenoxy) is 2. The number of methoxy groups -OCH3 is 2. The van der Waals surface area contributed by atoms with Crippen LogP contribution < -0.4 is 9.47 Å². The molecule has 0 fully saturated rings. The molecule has 0 aliphatic heterocycles. The van der Waals surface area contributed by atoms with Gasteiger partial charge in [0, 0.05) is 11.8 Å². The van der Waals surface area contributed by atoms with E-state index in [0.717, 1.165) is 12.0 Å². The zero-order valence-corrected chi connectivity index (χ0v) is 9.57. The minimum absolute atomic E-state index is 0.327. The molecule has 0 aromatic carbocycles. The van der Waals surface area contributed by atoms with E-state index in [9.17, 15) is 0 Å². The van der Waals surface area contributed by atoms with E-state index in [2.05, 4.69) is 29.9 Å². The second-order valence-corrected chi connectivity index (χ2v) is 3.38. The SMILES string of the molecule is COc1ncc(CC=C(C)C)c(OC)n1. The molecule has 0 N–H and O–H groups in total. The molecule has 1 heterocycles. The van der Waals surface area contributed by atoms with Crippen molar-refractivity contribution >= 4 is 0 Å². The number of aromatic nitrogens is 2. The molecule has 82 valence electrons. The van der Waals surface area contributed by atoms with Crippen molar-refractivity contribution in [1.29, 1.82) is 0 Å². The highest BCUT2D eigenvalue weighted by Gasteiger charge is 2.06. The molecule has 1 aromatic rings. The monoisotopic (exact) mass is 208 g/mol. The number of rotatable bonds is 4. The molecule has 1 rings (SSSR count). The fraction of sp³-hybridized carbons (Fsp3) is 0.455. The van der Waals surface area contributed by atoms with Crippen molar-refractivity contribution in [2.75, 3.05) is 14.2 Å². The molecule has 4 nitrogen and oxygen atoms in total. The molecule has 0 aliphatic carbocycles. The summed E-state index contributed by atoms with van der Waals surface area (Å²) in [6.45, 7) is 4.10. The van der Waals surface area contributed by atoms with Crippen LogP contribution in [-0.4, -0.2) is 24.2 Å². The summed E-state index contributed by atoms with van der Waals surface area (Å²) in [5.41, 5.74) is 2.22. The van der Waals surface area contributed by atoms with Crippen LogP contribution in [0, 0.1) is 0 Å². The first-order valence-corrected chi connectivity index (χ1v) is 4.74. The quantitative estimate of drug-likeness (QED) is 0.710. The summed E-state index contributed by atoms with van der Waals surface area (Å²) in [6.07, 6.45) is 4.60. The molecule has 0 radical (unpaired) electrons. The van der Waals surface area contributed by atoms with Gasteiger partial charge in [0.15, 0.2) is 0 Å². The van der Waals surface area contributed by atoms with E-state index in [1.165, 1.54) is 12.7 Å². The maximum Gasteiger partial charge on any atom is 0.319 e. The van der Waals surface area contributed by atoms with Crippen LogP contribution in [0.5, 0.6) is 11.9 Å². The van der Waals surface area contributed by atoms with Crippen LogP contribution in [0.2, 0.25) is 0 Å². The number of hydrogen-bond donors (Lipinski definition) is 0. The van der Waals surface area contributed by atoms with E-state index in [4.69, 9.17) is 9.47 Å². The van der Waals surface area contributed by atoms with E-state index < -0.39 is 0 Å². The standard InChI is InChI=1S/C11H16N2O2/c1-8(2)5-6-9-7-12-11(15-4)13-10(9)14-3/h5,7H,6H2,1-4H3. The average Bonchev–Trinajstić information content (AvgIpc) is 2.25. The molecule has 0 bridgehead atoms. The van der Waals surface area contributed by atoms with Crippen LogP contribution >= 0.6 is 0 Å². The number of allylic oxidation sites excluding steroid dienone is 2. The van der Waals surface area contributed by atoms with Crippen molar-refractivity contribution in [3.05, 3.63) is 23.4 Å². The molecule has 0 atom stereocenters. The van der Waals surface area contributed by atoms with Gasteiger partial charge in [-0.2, -0.15) is 4.98 Å². The number of hydrogen-bond acceptors (Lipinski definition) is 4. The topological polar surface area (TPSA) is 44.2 Å². The van der Waals surface area contributed by atoms with Gasteiger partial charge >= 0.3 is 6.01 Å². The molecule has 4 heteroatoms. The lowest BCUT2D eigenvalue weighted by Crippen LogP contribution is -1.99. The number of nitrogens with zero attached hydrogens (tertiary/aromatic N) is 2. The summed E-state index contributed by atoms with van der Waals surface area (Å²) < 4.78 is 10.1. The second kappa shape index (κ2) is 5.34. The lowest BCUT2D eigenvalue weighted by atomic mass is 10.2. The first-order valence-electron chi connectivity index (χ1n) is 4.74. The zero-order chi connectivity index (χ0) is 11.3. The lowest BCUT2D eigenvalue weighted by Gasteiger charge is -2.06. The van der Waals surface area contributed by atoms with Gasteiger partial charge in [-0.15, -0.1) is 0 Å². The Morgan fingerprint density at radius 3 is 2.60 bits per heavy atom. The van der Waals surface area contributed by atoms with Crippen molar-refractivity contribution in [1.82, 2.24) is 9.97 Å². The molecule has 0 spiro atoms. The first kappa shape index (κ1) is 11.5. The predicted molar refractivity (Wildman–Crippen MR) is 58.3 cm³/mol. The maximum atomic E-state index is 5.16. The third-order valence-corrected chi connectivity index (χ3v) is 1.91. The predicted octanol–water partition coefficient (Wildman–Crippen LogP) is 2.00. The summed E-state index contributed by atoms with van der Waals surface area (Å²) in [4.78, 5) is 8.14. The minimum Gasteiger partial charge on any atom is -0.481 e. The van der Waals surface area contributed by atoms with Gasteiger partial charge in [-0.3, -0.25) is 0 Å². The highest BCUT2D eigenvalue weighted by atomic mass is 16.5. The highest BCUT2D eigenvalue weighted by Crippen LogP contribution is 2.18. The van der Waals surface area contributed by atoms with Crippen LogP contribution in [0.25, 0.3) is 0 Å². The van der Waals surface area contributed by atoms with Gasteiger partial charge in [0.2, 0.25) is 5.88 Å². The fourth-order valence-electron chi connectivity index (χ4n) is 1.11. The van der Waals surface area contributed by atoms with Crippen molar-refractivity contribution < 1.29 is 9.47 Å². The van der Waals surface area contributed by atoms with Crippen LogP contribution in [-0.2, 0) is 6.42 Å². The zero-order valence-electron chi connectivity index (χ0n) is 9.57. The minimum atomic E-state index is 0.327. The van der Waals surface area contributed by atoms with E-state index in [-0.39, 0.29) is 0 Å². The third kappa shape index (κ3) is 3.23. The fourth-order valence-corrected chi connectivity index (χ4v) is 1.11. The molecule has 1 aromatic heterocycles. The van der Waals surface area contributed by atoms with Crippen molar-refractivity contribution in [3.63, 3.8) is 0 Å². The van der Waals surface area contributed by atoms with Gasteiger partial charge in [0.1, 0.15) is 0 Å². The largest absolute Gasteiger partial charge is 0.481 e. The molecular formula is C11H16N2O2. The molecule has 0 amide bonds. The summed E-state index contributed by atoms with van der Waals surface area (Å²) in [6, 6.07) is 0.327. The Morgan fingerprint density at radius 2 is 2.07 bits per heavy atom. The third-order valence-electron chi connectivity index (χ3n) is 1.91. The van der Waals surface area contributed by atoms with Crippen LogP contribution in [0.3, 0.4) is 0 Å². The lowest BCUT2D eigenvalue weighted by molar-refractivity contribution is 0.349. The molecule has 0 aliphatic rings. The summed E-state index contributed by atoms with van der Waals surface area (Å²) in [5, 5.41) is 0. The molecule has 0 unspecified atom stereocenters. The van der Waals surface area contributed by atoms with Crippen molar-refractivity contribution in [2.45, 2.75) is 20.3 Å². The maximum absolute atomic E-state index is 5.16. The molecule has 0 saturated heterocycles. The van der Waals surface area contributed by atoms with Crippen molar-refractivity contribution in [2.24, 2.45) is 0 Å². The van der Waals surface area contributed by atoms with Crippen LogP contribution in [0.4, 0.5) is 0 Å². The van der Waals surface area contributed by atoms with E-state index in [1.807, 2.05) is 0 Å². The molecule has 0 saturated carbocycles. The van der Waals surface area contributed by atoms with Gasteiger partial charge in [0.25, 0.3) is 0 Å². The van der Waals surface area contributed by atoms with Crippen molar-refractivity contribution in [3.8, 4) is 11.9 Å². The van der Waals surface area contributed by atoms with E-state index in [1.54, 1.807) is 13.3 Å². The van der Waals surface area contributed by atoms with E-state index in [0.29, 0.717) is 11.9 Å². The van der Waals surface area contributed by atoms with Gasteiger partial charge in [-0.25, -0.2) is 4.98 Å². The van der Waals surface area contributed by atoms with Crippen LogP contribution in [0.1, 0.15) is 19.4 Å². The summed E-state index contributed by atoms with van der Waals surface area (Å²) in [5.74, 6) is 0.569. The Labute approximate surface area is 90.0 Å².